The number of hydrogen-bond acceptors (Lipinski definition) is 13. The number of hydrogen-bond donors (Lipinski definition) is 1. The number of unbranched alkanes of at least 4 members (excludes halogenated alkanes) is 1. The summed E-state index contributed by atoms with van der Waals surface area (Å²) in [7, 11) is 0. The van der Waals surface area contributed by atoms with Crippen LogP contribution in [0.15, 0.2) is 24.3 Å². The van der Waals surface area contributed by atoms with E-state index in [2.05, 4.69) is 12.2 Å². The molecule has 0 unspecified atom stereocenters. The maximum atomic E-state index is 12.1. The third-order valence-corrected chi connectivity index (χ3v) is 5.68. The highest BCUT2D eigenvalue weighted by atomic mass is 16.6. The number of rotatable bonds is 31. The number of esters is 2. The minimum atomic E-state index is -0.514. The van der Waals surface area contributed by atoms with Gasteiger partial charge in [-0.1, -0.05) is 13.3 Å². The first-order valence-corrected chi connectivity index (χ1v) is 16.2. The van der Waals surface area contributed by atoms with Gasteiger partial charge in [-0.05, 0) is 51.5 Å². The fourth-order valence-corrected chi connectivity index (χ4v) is 3.48. The highest BCUT2D eigenvalue weighted by Crippen LogP contribution is 2.11. The van der Waals surface area contributed by atoms with Crippen molar-refractivity contribution in [1.29, 1.82) is 0 Å². The Kier molecular flexibility index (Phi) is 26.1. The number of nitrogens with one attached hydrogen (secondary N) is 1. The molecule has 1 N–H and O–H groups in total. The number of ether oxygens (including phenoxy) is 10. The Morgan fingerprint density at radius 1 is 0.587 bits per heavy atom. The Hall–Kier alpha value is -2.36. The number of carbonyl (C=O) groups excluding carboxylic acids is 2. The molecule has 0 aliphatic carbocycles. The van der Waals surface area contributed by atoms with Crippen LogP contribution in [-0.2, 0) is 52.2 Å². The fraction of sp³-hybridized carbons (Fsp3) is 0.758. The van der Waals surface area contributed by atoms with Crippen molar-refractivity contribution in [2.75, 3.05) is 124 Å². The molecule has 0 heterocycles. The van der Waals surface area contributed by atoms with Crippen molar-refractivity contribution in [1.82, 2.24) is 0 Å². The molecule has 0 spiro atoms. The van der Waals surface area contributed by atoms with Crippen LogP contribution in [0, 0.1) is 0 Å². The Morgan fingerprint density at radius 2 is 0.978 bits per heavy atom. The lowest BCUT2D eigenvalue weighted by molar-refractivity contribution is -0.160. The van der Waals surface area contributed by atoms with Gasteiger partial charge in [-0.15, -0.1) is 0 Å². The van der Waals surface area contributed by atoms with Crippen molar-refractivity contribution in [3.63, 3.8) is 0 Å². The first kappa shape index (κ1) is 41.7. The molecule has 266 valence electrons. The summed E-state index contributed by atoms with van der Waals surface area (Å²) in [4.78, 5) is 23.6. The van der Waals surface area contributed by atoms with Crippen LogP contribution in [0.1, 0.15) is 50.9 Å². The molecule has 0 radical (unpaired) electrons. The van der Waals surface area contributed by atoms with Crippen LogP contribution < -0.4 is 5.32 Å². The highest BCUT2D eigenvalue weighted by molar-refractivity contribution is 5.89. The molecule has 1 rings (SSSR count). The first-order chi connectivity index (χ1) is 22.3. The maximum absolute atomic E-state index is 12.1. The molecule has 13 nitrogen and oxygen atoms in total. The highest BCUT2D eigenvalue weighted by Gasteiger charge is 2.15. The van der Waals surface area contributed by atoms with Gasteiger partial charge in [0.2, 0.25) is 0 Å². The van der Waals surface area contributed by atoms with E-state index in [0.717, 1.165) is 25.1 Å². The summed E-state index contributed by atoms with van der Waals surface area (Å²) in [6, 6.07) is 7.27. The minimum absolute atomic E-state index is 0.0873. The third kappa shape index (κ3) is 26.8. The van der Waals surface area contributed by atoms with Gasteiger partial charge in [-0.3, -0.25) is 0 Å². The van der Waals surface area contributed by atoms with Crippen LogP contribution in [0.3, 0.4) is 0 Å². The van der Waals surface area contributed by atoms with Gasteiger partial charge < -0.3 is 52.7 Å². The van der Waals surface area contributed by atoms with Gasteiger partial charge in [0, 0.05) is 12.2 Å². The van der Waals surface area contributed by atoms with E-state index in [1.807, 2.05) is 32.9 Å². The van der Waals surface area contributed by atoms with E-state index in [9.17, 15) is 9.59 Å². The van der Waals surface area contributed by atoms with Crippen LogP contribution >= 0.6 is 0 Å². The van der Waals surface area contributed by atoms with Gasteiger partial charge in [0.25, 0.3) is 0 Å². The van der Waals surface area contributed by atoms with Gasteiger partial charge in [-0.2, -0.15) is 0 Å². The molecule has 0 aliphatic rings. The van der Waals surface area contributed by atoms with Crippen LogP contribution in [0.5, 0.6) is 0 Å². The van der Waals surface area contributed by atoms with Crippen molar-refractivity contribution in [2.24, 2.45) is 0 Å². The standard InChI is InChI=1S/C33H57NO12/c1-5-6-11-34-30-9-7-29(8-10-30)32(36)45-27-26-43-23-22-41-19-18-39-15-14-37-12-13-38-16-17-40-20-21-42-24-25-44-28-31(35)46-33(2,3)4/h7-10,34H,5-6,11-28H2,1-4H3. The zero-order valence-corrected chi connectivity index (χ0v) is 28.4. The van der Waals surface area contributed by atoms with Gasteiger partial charge in [0.15, 0.2) is 0 Å². The molecule has 0 aliphatic heterocycles. The predicted octanol–water partition coefficient (Wildman–Crippen LogP) is 3.53. The Bertz CT molecular complexity index is 863. The van der Waals surface area contributed by atoms with Crippen LogP contribution in [0.25, 0.3) is 0 Å². The van der Waals surface area contributed by atoms with Crippen molar-refractivity contribution in [3.05, 3.63) is 29.8 Å². The molecule has 13 heteroatoms. The number of carbonyl (C=O) groups is 2. The zero-order chi connectivity index (χ0) is 33.6. The van der Waals surface area contributed by atoms with Crippen molar-refractivity contribution in [2.45, 2.75) is 46.1 Å². The third-order valence-electron chi connectivity index (χ3n) is 5.68. The molecule has 0 atom stereocenters. The smallest absolute Gasteiger partial charge is 0.338 e. The molecular weight excluding hydrogens is 602 g/mol. The Labute approximate surface area is 274 Å². The van der Waals surface area contributed by atoms with E-state index in [0.29, 0.717) is 105 Å². The van der Waals surface area contributed by atoms with E-state index in [1.165, 1.54) is 0 Å². The average Bonchev–Trinajstić information content (AvgIpc) is 3.02. The zero-order valence-electron chi connectivity index (χ0n) is 28.4. The topological polar surface area (TPSA) is 138 Å². The largest absolute Gasteiger partial charge is 0.460 e. The molecule has 0 bridgehead atoms. The van der Waals surface area contributed by atoms with E-state index < -0.39 is 11.6 Å². The molecule has 0 fully saturated rings. The summed E-state index contributed by atoms with van der Waals surface area (Å²) in [5, 5.41) is 3.31. The Morgan fingerprint density at radius 3 is 1.37 bits per heavy atom. The molecule has 46 heavy (non-hydrogen) atoms. The summed E-state index contributed by atoms with van der Waals surface area (Å²) in [6.45, 7) is 15.1. The van der Waals surface area contributed by atoms with Gasteiger partial charge in [0.1, 0.15) is 18.8 Å². The van der Waals surface area contributed by atoms with Gasteiger partial charge in [-0.25, -0.2) is 9.59 Å². The van der Waals surface area contributed by atoms with E-state index in [1.54, 1.807) is 12.1 Å². The van der Waals surface area contributed by atoms with Crippen LogP contribution in [0.4, 0.5) is 5.69 Å². The van der Waals surface area contributed by atoms with Crippen molar-refractivity contribution < 1.29 is 57.0 Å². The van der Waals surface area contributed by atoms with Crippen molar-refractivity contribution in [3.8, 4) is 0 Å². The summed E-state index contributed by atoms with van der Waals surface area (Å²) < 4.78 is 53.7. The Balaban J connectivity index is 1.74. The molecule has 1 aromatic carbocycles. The van der Waals surface area contributed by atoms with E-state index >= 15 is 0 Å². The second kappa shape index (κ2) is 28.8. The van der Waals surface area contributed by atoms with Crippen LogP contribution in [0.2, 0.25) is 0 Å². The fourth-order valence-electron chi connectivity index (χ4n) is 3.48. The lowest BCUT2D eigenvalue weighted by Gasteiger charge is -2.19. The summed E-state index contributed by atoms with van der Waals surface area (Å²) in [5.74, 6) is -0.755. The van der Waals surface area contributed by atoms with Crippen LogP contribution in [-0.4, -0.2) is 136 Å². The normalized spacial score (nSPS) is 11.5. The number of benzene rings is 1. The lowest BCUT2D eigenvalue weighted by Crippen LogP contribution is -2.27. The SMILES string of the molecule is CCCCNc1ccc(C(=O)OCCOCCOCCOCCOCCOCCOCCOCCOCC(=O)OC(C)(C)C)cc1. The second-order valence-electron chi connectivity index (χ2n) is 10.9. The molecular formula is C33H57NO12. The lowest BCUT2D eigenvalue weighted by atomic mass is 10.2. The van der Waals surface area contributed by atoms with E-state index in [4.69, 9.17) is 47.4 Å². The van der Waals surface area contributed by atoms with Gasteiger partial charge in [0.05, 0.1) is 105 Å². The quantitative estimate of drug-likeness (QED) is 0.0920. The van der Waals surface area contributed by atoms with Crippen molar-refractivity contribution >= 4 is 17.6 Å². The predicted molar refractivity (Wildman–Crippen MR) is 173 cm³/mol. The maximum Gasteiger partial charge on any atom is 0.338 e. The molecule has 0 amide bonds. The summed E-state index contributed by atoms with van der Waals surface area (Å²) in [6.07, 6.45) is 2.24. The molecule has 0 saturated carbocycles. The minimum Gasteiger partial charge on any atom is -0.460 e. The first-order valence-electron chi connectivity index (χ1n) is 16.2. The average molecular weight is 660 g/mol. The number of anilines is 1. The second-order valence-corrected chi connectivity index (χ2v) is 10.9. The monoisotopic (exact) mass is 659 g/mol. The van der Waals surface area contributed by atoms with Gasteiger partial charge >= 0.3 is 11.9 Å². The molecule has 0 aromatic heterocycles. The van der Waals surface area contributed by atoms with E-state index in [-0.39, 0.29) is 19.2 Å². The summed E-state index contributed by atoms with van der Waals surface area (Å²) in [5.41, 5.74) is 0.993. The molecule has 1 aromatic rings. The summed E-state index contributed by atoms with van der Waals surface area (Å²) >= 11 is 0. The molecule has 0 saturated heterocycles.